The fourth-order valence-corrected chi connectivity index (χ4v) is 5.81. The molecule has 0 amide bonds. The maximum absolute atomic E-state index is 9.86. The van der Waals surface area contributed by atoms with Crippen molar-refractivity contribution in [3.63, 3.8) is 0 Å². The molecule has 1 nitrogen and oxygen atoms in total. The first-order valence-electron chi connectivity index (χ1n) is 22.3. The Morgan fingerprint density at radius 2 is 1.05 bits per heavy atom. The summed E-state index contributed by atoms with van der Waals surface area (Å²) in [5.41, 5.74) is -1.33. The van der Waals surface area contributed by atoms with Crippen LogP contribution in [-0.2, 0) is 0 Å². The summed E-state index contributed by atoms with van der Waals surface area (Å²) in [5, 5.41) is 0.577. The van der Waals surface area contributed by atoms with Crippen LogP contribution in [0.3, 0.4) is 0 Å². The molecule has 0 aliphatic heterocycles. The first-order chi connectivity index (χ1) is 28.8. The standard InChI is InChI=1S/C42H26O/c1-2-12-28(13-3-1)31-21-11-23-39-42(31)37-26-29(24-25-38(37)43-39)40-33-17-6-8-19-35(33)41(36-20-9-7-18-34(36)40)32-22-10-15-27-14-4-5-16-30(27)32/h1-26H/i1D,2D,3D,4D,5D,10D,11D,12D,13D,14D,15D,16D,21D,22D,23D,24D,25D,26D. The molecule has 0 spiro atoms. The van der Waals surface area contributed by atoms with Crippen molar-refractivity contribution >= 4 is 54.3 Å². The van der Waals surface area contributed by atoms with E-state index in [4.69, 9.17) is 23.6 Å². The third kappa shape index (κ3) is 3.65. The van der Waals surface area contributed by atoms with Crippen molar-refractivity contribution in [1.29, 1.82) is 0 Å². The summed E-state index contributed by atoms with van der Waals surface area (Å²) in [6, 6.07) is 2.37. The number of fused-ring (bicyclic) bond motifs is 6. The molecule has 0 N–H and O–H groups in total. The van der Waals surface area contributed by atoms with E-state index in [0.717, 1.165) is 0 Å². The molecule has 0 fully saturated rings. The molecule has 0 unspecified atom stereocenters. The number of benzene rings is 8. The summed E-state index contributed by atoms with van der Waals surface area (Å²) in [4.78, 5) is 0. The van der Waals surface area contributed by atoms with Gasteiger partial charge in [0.25, 0.3) is 0 Å². The van der Waals surface area contributed by atoms with E-state index in [2.05, 4.69) is 0 Å². The quantitative estimate of drug-likeness (QED) is 0.195. The Morgan fingerprint density at radius 1 is 0.419 bits per heavy atom. The van der Waals surface area contributed by atoms with Crippen LogP contribution in [0.1, 0.15) is 24.7 Å². The molecule has 43 heavy (non-hydrogen) atoms. The largest absolute Gasteiger partial charge is 0.456 e. The minimum atomic E-state index is -0.730. The lowest BCUT2D eigenvalue weighted by atomic mass is 9.84. The average molecular weight is 565 g/mol. The van der Waals surface area contributed by atoms with E-state index in [1.54, 1.807) is 48.5 Å². The Labute approximate surface area is 274 Å². The smallest absolute Gasteiger partial charge is 0.136 e. The predicted octanol–water partition coefficient (Wildman–Crippen LogP) is 12.0. The van der Waals surface area contributed by atoms with E-state index in [9.17, 15) is 5.48 Å². The Morgan fingerprint density at radius 3 is 1.81 bits per heavy atom. The van der Waals surface area contributed by atoms with Crippen LogP contribution >= 0.6 is 0 Å². The lowest BCUT2D eigenvalue weighted by Gasteiger charge is -2.18. The first-order valence-corrected chi connectivity index (χ1v) is 13.3. The van der Waals surface area contributed by atoms with Gasteiger partial charge < -0.3 is 4.42 Å². The van der Waals surface area contributed by atoms with Gasteiger partial charge in [0.05, 0.1) is 24.7 Å². The van der Waals surface area contributed by atoms with Crippen LogP contribution in [0.5, 0.6) is 0 Å². The monoisotopic (exact) mass is 564 g/mol. The van der Waals surface area contributed by atoms with Crippen LogP contribution in [-0.4, -0.2) is 0 Å². The molecule has 8 aromatic carbocycles. The molecule has 0 saturated carbocycles. The molecule has 9 aromatic rings. The van der Waals surface area contributed by atoms with Gasteiger partial charge in [0.2, 0.25) is 0 Å². The summed E-state index contributed by atoms with van der Waals surface area (Å²) < 4.78 is 165. The van der Waals surface area contributed by atoms with Gasteiger partial charge in [-0.15, -0.1) is 0 Å². The molecule has 0 radical (unpaired) electrons. The maximum atomic E-state index is 9.86. The zero-order valence-electron chi connectivity index (χ0n) is 40.0. The fraction of sp³-hybridized carbons (Fsp3) is 0. The van der Waals surface area contributed by atoms with E-state index < -0.39 is 125 Å². The van der Waals surface area contributed by atoms with Crippen molar-refractivity contribution in [2.75, 3.05) is 0 Å². The molecule has 1 aromatic heterocycles. The van der Waals surface area contributed by atoms with Crippen molar-refractivity contribution in [3.05, 3.63) is 157 Å². The molecule has 200 valence electrons. The number of furan rings is 1. The van der Waals surface area contributed by atoms with Gasteiger partial charge in [-0.1, -0.05) is 139 Å². The highest BCUT2D eigenvalue weighted by molar-refractivity contribution is 6.24. The Bertz CT molecular complexity index is 3420. The van der Waals surface area contributed by atoms with Gasteiger partial charge in [-0.3, -0.25) is 0 Å². The third-order valence-electron chi connectivity index (χ3n) is 7.57. The molecule has 0 aliphatic carbocycles. The Balaban J connectivity index is 1.50. The van der Waals surface area contributed by atoms with Crippen LogP contribution in [0.15, 0.2) is 162 Å². The van der Waals surface area contributed by atoms with E-state index in [-0.39, 0.29) is 49.4 Å². The first kappa shape index (κ1) is 12.3. The van der Waals surface area contributed by atoms with Crippen molar-refractivity contribution in [2.24, 2.45) is 0 Å². The van der Waals surface area contributed by atoms with E-state index >= 15 is 0 Å². The number of rotatable bonds is 3. The van der Waals surface area contributed by atoms with E-state index in [1.165, 1.54) is 0 Å². The molecular formula is C42H26O. The van der Waals surface area contributed by atoms with Crippen molar-refractivity contribution in [3.8, 4) is 33.4 Å². The summed E-state index contributed by atoms with van der Waals surface area (Å²) in [5.74, 6) is 0. The fourth-order valence-electron chi connectivity index (χ4n) is 5.81. The molecule has 1 heteroatoms. The second-order valence-corrected chi connectivity index (χ2v) is 9.85. The van der Waals surface area contributed by atoms with E-state index in [0.29, 0.717) is 21.5 Å². The molecule has 0 aliphatic rings. The van der Waals surface area contributed by atoms with Crippen LogP contribution in [0.25, 0.3) is 87.6 Å². The van der Waals surface area contributed by atoms with Gasteiger partial charge in [-0.05, 0) is 83.8 Å². The molecule has 9 rings (SSSR count). The van der Waals surface area contributed by atoms with Crippen LogP contribution in [0.4, 0.5) is 0 Å². The number of hydrogen-bond acceptors (Lipinski definition) is 1. The van der Waals surface area contributed by atoms with Crippen molar-refractivity contribution < 1.29 is 29.1 Å². The Hall–Kier alpha value is -5.66. The molecular weight excluding hydrogens is 520 g/mol. The van der Waals surface area contributed by atoms with Crippen molar-refractivity contribution in [1.82, 2.24) is 0 Å². The summed E-state index contributed by atoms with van der Waals surface area (Å²) in [6.45, 7) is 0. The lowest BCUT2D eigenvalue weighted by Crippen LogP contribution is -1.91. The second-order valence-electron chi connectivity index (χ2n) is 9.85. The Kier molecular flexibility index (Phi) is 2.70. The van der Waals surface area contributed by atoms with Gasteiger partial charge in [0.15, 0.2) is 0 Å². The van der Waals surface area contributed by atoms with E-state index in [1.807, 2.05) is 0 Å². The molecule has 0 atom stereocenters. The molecule has 1 heterocycles. The average Bonchev–Trinajstić information content (AvgIpc) is 3.66. The zero-order valence-corrected chi connectivity index (χ0v) is 22.0. The molecule has 0 bridgehead atoms. The highest BCUT2D eigenvalue weighted by Crippen LogP contribution is 2.46. The zero-order chi connectivity index (χ0) is 44.0. The second kappa shape index (κ2) is 9.44. The summed E-state index contributed by atoms with van der Waals surface area (Å²) >= 11 is 0. The van der Waals surface area contributed by atoms with Gasteiger partial charge in [0, 0.05) is 10.8 Å². The van der Waals surface area contributed by atoms with Gasteiger partial charge >= 0.3 is 0 Å². The lowest BCUT2D eigenvalue weighted by molar-refractivity contribution is 0.669. The minimum Gasteiger partial charge on any atom is -0.456 e. The maximum Gasteiger partial charge on any atom is 0.136 e. The summed E-state index contributed by atoms with van der Waals surface area (Å²) in [7, 11) is 0. The topological polar surface area (TPSA) is 13.1 Å². The van der Waals surface area contributed by atoms with Crippen LogP contribution in [0, 0.1) is 0 Å². The minimum absolute atomic E-state index is 0.0444. The van der Waals surface area contributed by atoms with Gasteiger partial charge in [-0.25, -0.2) is 0 Å². The van der Waals surface area contributed by atoms with Gasteiger partial charge in [-0.2, -0.15) is 0 Å². The van der Waals surface area contributed by atoms with Crippen LogP contribution in [0.2, 0.25) is 0 Å². The van der Waals surface area contributed by atoms with Crippen molar-refractivity contribution in [2.45, 2.75) is 0 Å². The predicted molar refractivity (Wildman–Crippen MR) is 183 cm³/mol. The highest BCUT2D eigenvalue weighted by Gasteiger charge is 2.19. The van der Waals surface area contributed by atoms with Crippen LogP contribution < -0.4 is 0 Å². The highest BCUT2D eigenvalue weighted by atomic mass is 16.3. The third-order valence-corrected chi connectivity index (χ3v) is 7.57. The normalized spacial score (nSPS) is 17.6. The molecule has 0 saturated heterocycles. The summed E-state index contributed by atoms with van der Waals surface area (Å²) in [6.07, 6.45) is 0. The number of hydrogen-bond donors (Lipinski definition) is 0. The SMILES string of the molecule is [2H]c1c([2H])c([2H])c(-c2c([2H])c([2H])c([2H])c3oc4c([2H])c([2H])c(-c5c6ccccc6c(-c6c([2H])c([2H])c([2H])c7c([2H])c([2H])c([2H])c([2H])c67)c6ccccc56)c([2H])c4c23)c([2H])c1[2H]. The van der Waals surface area contributed by atoms with Gasteiger partial charge in [0.1, 0.15) is 11.2 Å².